The van der Waals surface area contributed by atoms with Crippen molar-refractivity contribution in [1.29, 1.82) is 0 Å². The van der Waals surface area contributed by atoms with Gasteiger partial charge in [-0.2, -0.15) is 0 Å². The van der Waals surface area contributed by atoms with Crippen molar-refractivity contribution in [3.63, 3.8) is 0 Å². The summed E-state index contributed by atoms with van der Waals surface area (Å²) in [7, 11) is 1.75. The minimum atomic E-state index is 0.585. The molecule has 0 fully saturated rings. The van der Waals surface area contributed by atoms with Gasteiger partial charge in [-0.25, -0.2) is 0 Å². The van der Waals surface area contributed by atoms with Gasteiger partial charge in [0.1, 0.15) is 5.01 Å². The van der Waals surface area contributed by atoms with Gasteiger partial charge in [-0.05, 0) is 19.8 Å². The Morgan fingerprint density at radius 2 is 2.00 bits per heavy atom. The smallest absolute Gasteiger partial charge is 0.205 e. The summed E-state index contributed by atoms with van der Waals surface area (Å²) in [5.74, 6) is 0. The molecule has 6 heteroatoms. The van der Waals surface area contributed by atoms with Crippen LogP contribution in [0.4, 0.5) is 5.13 Å². The van der Waals surface area contributed by atoms with E-state index in [0.29, 0.717) is 6.04 Å². The lowest BCUT2D eigenvalue weighted by atomic mass is 10.1. The maximum Gasteiger partial charge on any atom is 0.205 e. The number of hydrogen-bond donors (Lipinski definition) is 1. The molecule has 110 valence electrons. The second kappa shape index (κ2) is 9.23. The zero-order valence-electron chi connectivity index (χ0n) is 12.5. The van der Waals surface area contributed by atoms with Crippen LogP contribution in [-0.2, 0) is 11.3 Å². The number of nitrogens with one attached hydrogen (secondary N) is 1. The molecule has 1 heterocycles. The lowest BCUT2D eigenvalue weighted by Crippen LogP contribution is -2.36. The van der Waals surface area contributed by atoms with E-state index in [2.05, 4.69) is 41.2 Å². The predicted octanol–water partition coefficient (Wildman–Crippen LogP) is 2.61. The highest BCUT2D eigenvalue weighted by Crippen LogP contribution is 2.19. The summed E-state index contributed by atoms with van der Waals surface area (Å²) in [6.45, 7) is 9.98. The van der Waals surface area contributed by atoms with E-state index in [1.807, 2.05) is 0 Å². The van der Waals surface area contributed by atoms with Crippen molar-refractivity contribution in [2.75, 3.05) is 32.1 Å². The Morgan fingerprint density at radius 3 is 2.58 bits per heavy atom. The van der Waals surface area contributed by atoms with Crippen LogP contribution in [0.3, 0.4) is 0 Å². The summed E-state index contributed by atoms with van der Waals surface area (Å²) in [6, 6.07) is 0.585. The van der Waals surface area contributed by atoms with Crippen molar-refractivity contribution < 1.29 is 4.74 Å². The fourth-order valence-corrected chi connectivity index (χ4v) is 2.95. The first kappa shape index (κ1) is 16.3. The SMILES string of the molecule is CCNc1nnc(CN(CCOC)C(CC)CC)s1. The highest BCUT2D eigenvalue weighted by Gasteiger charge is 2.17. The summed E-state index contributed by atoms with van der Waals surface area (Å²) < 4.78 is 5.21. The molecule has 1 N–H and O–H groups in total. The fraction of sp³-hybridized carbons (Fsp3) is 0.846. The van der Waals surface area contributed by atoms with E-state index in [4.69, 9.17) is 4.74 Å². The van der Waals surface area contributed by atoms with Gasteiger partial charge in [0, 0.05) is 26.2 Å². The molecule has 0 aliphatic rings. The number of nitrogens with zero attached hydrogens (tertiary/aromatic N) is 3. The van der Waals surface area contributed by atoms with Crippen LogP contribution in [0, 0.1) is 0 Å². The molecule has 19 heavy (non-hydrogen) atoms. The molecule has 0 atom stereocenters. The lowest BCUT2D eigenvalue weighted by Gasteiger charge is -2.29. The number of aromatic nitrogens is 2. The van der Waals surface area contributed by atoms with E-state index < -0.39 is 0 Å². The van der Waals surface area contributed by atoms with Crippen LogP contribution in [0.25, 0.3) is 0 Å². The van der Waals surface area contributed by atoms with Crippen LogP contribution in [0.1, 0.15) is 38.6 Å². The molecule has 0 unspecified atom stereocenters. The summed E-state index contributed by atoms with van der Waals surface area (Å²) in [5.41, 5.74) is 0. The molecule has 0 aromatic carbocycles. The first-order valence-corrected chi connectivity index (χ1v) is 7.85. The molecule has 0 bridgehead atoms. The maximum atomic E-state index is 5.21. The van der Waals surface area contributed by atoms with Gasteiger partial charge in [-0.3, -0.25) is 4.90 Å². The molecule has 0 amide bonds. The maximum absolute atomic E-state index is 5.21. The topological polar surface area (TPSA) is 50.3 Å². The lowest BCUT2D eigenvalue weighted by molar-refractivity contribution is 0.110. The zero-order chi connectivity index (χ0) is 14.1. The van der Waals surface area contributed by atoms with Crippen LogP contribution in [0.2, 0.25) is 0 Å². The number of hydrogen-bond acceptors (Lipinski definition) is 6. The van der Waals surface area contributed by atoms with Crippen LogP contribution >= 0.6 is 11.3 Å². The molecule has 1 rings (SSSR count). The molecule has 1 aromatic heterocycles. The minimum absolute atomic E-state index is 0.585. The quantitative estimate of drug-likeness (QED) is 0.716. The third-order valence-electron chi connectivity index (χ3n) is 3.17. The van der Waals surface area contributed by atoms with Gasteiger partial charge >= 0.3 is 0 Å². The monoisotopic (exact) mass is 286 g/mol. The van der Waals surface area contributed by atoms with Gasteiger partial charge in [-0.1, -0.05) is 25.2 Å². The summed E-state index contributed by atoms with van der Waals surface area (Å²) in [6.07, 6.45) is 2.30. The summed E-state index contributed by atoms with van der Waals surface area (Å²) in [4.78, 5) is 2.44. The Balaban J connectivity index is 2.63. The first-order chi connectivity index (χ1) is 9.24. The second-order valence-corrected chi connectivity index (χ2v) is 5.53. The largest absolute Gasteiger partial charge is 0.383 e. The molecular weight excluding hydrogens is 260 g/mol. The standard InChI is InChI=1S/C13H26N4OS/c1-5-11(6-2)17(8-9-18-4)10-12-15-16-13(19-12)14-7-3/h11H,5-10H2,1-4H3,(H,14,16). The fourth-order valence-electron chi connectivity index (χ4n) is 2.12. The average Bonchev–Trinajstić information content (AvgIpc) is 2.85. The minimum Gasteiger partial charge on any atom is -0.383 e. The van der Waals surface area contributed by atoms with Gasteiger partial charge in [0.05, 0.1) is 13.2 Å². The van der Waals surface area contributed by atoms with Gasteiger partial charge in [0.2, 0.25) is 5.13 Å². The molecule has 0 aliphatic carbocycles. The van der Waals surface area contributed by atoms with Gasteiger partial charge < -0.3 is 10.1 Å². The van der Waals surface area contributed by atoms with Crippen molar-refractivity contribution in [1.82, 2.24) is 15.1 Å². The number of rotatable bonds is 10. The Bertz CT molecular complexity index is 341. The molecule has 5 nitrogen and oxygen atoms in total. The molecular formula is C13H26N4OS. The molecule has 0 radical (unpaired) electrons. The van der Waals surface area contributed by atoms with Crippen molar-refractivity contribution in [3.05, 3.63) is 5.01 Å². The van der Waals surface area contributed by atoms with Crippen molar-refractivity contribution in [3.8, 4) is 0 Å². The van der Waals surface area contributed by atoms with Crippen LogP contribution in [-0.4, -0.2) is 47.9 Å². The van der Waals surface area contributed by atoms with Crippen molar-refractivity contribution in [2.45, 2.75) is 46.2 Å². The number of anilines is 1. The summed E-state index contributed by atoms with van der Waals surface area (Å²) >= 11 is 1.64. The summed E-state index contributed by atoms with van der Waals surface area (Å²) in [5, 5.41) is 13.6. The molecule has 0 aliphatic heterocycles. The van der Waals surface area contributed by atoms with E-state index in [0.717, 1.165) is 49.2 Å². The average molecular weight is 286 g/mol. The van der Waals surface area contributed by atoms with E-state index >= 15 is 0 Å². The Hall–Kier alpha value is -0.720. The van der Waals surface area contributed by atoms with E-state index in [-0.39, 0.29) is 0 Å². The zero-order valence-corrected chi connectivity index (χ0v) is 13.3. The highest BCUT2D eigenvalue weighted by molar-refractivity contribution is 7.15. The van der Waals surface area contributed by atoms with E-state index in [1.54, 1.807) is 18.4 Å². The third-order valence-corrected chi connectivity index (χ3v) is 4.04. The predicted molar refractivity (Wildman–Crippen MR) is 80.7 cm³/mol. The highest BCUT2D eigenvalue weighted by atomic mass is 32.1. The van der Waals surface area contributed by atoms with Crippen LogP contribution in [0.5, 0.6) is 0 Å². The van der Waals surface area contributed by atoms with Gasteiger partial charge in [0.15, 0.2) is 0 Å². The second-order valence-electron chi connectivity index (χ2n) is 4.46. The third kappa shape index (κ3) is 5.42. The van der Waals surface area contributed by atoms with Gasteiger partial charge in [-0.15, -0.1) is 10.2 Å². The van der Waals surface area contributed by atoms with Crippen LogP contribution < -0.4 is 5.32 Å². The number of ether oxygens (including phenoxy) is 1. The molecule has 0 saturated carbocycles. The van der Waals surface area contributed by atoms with Gasteiger partial charge in [0.25, 0.3) is 0 Å². The normalized spacial score (nSPS) is 11.5. The molecule has 0 saturated heterocycles. The Labute approximate surface area is 120 Å². The number of methoxy groups -OCH3 is 1. The Morgan fingerprint density at radius 1 is 1.26 bits per heavy atom. The first-order valence-electron chi connectivity index (χ1n) is 7.04. The van der Waals surface area contributed by atoms with Crippen molar-refractivity contribution >= 4 is 16.5 Å². The van der Waals surface area contributed by atoms with E-state index in [9.17, 15) is 0 Å². The van der Waals surface area contributed by atoms with Crippen LogP contribution in [0.15, 0.2) is 0 Å². The molecule has 0 spiro atoms. The molecule has 1 aromatic rings. The Kier molecular flexibility index (Phi) is 7.93. The van der Waals surface area contributed by atoms with Crippen molar-refractivity contribution in [2.24, 2.45) is 0 Å². The van der Waals surface area contributed by atoms with E-state index in [1.165, 1.54) is 0 Å².